The summed E-state index contributed by atoms with van der Waals surface area (Å²) in [5, 5.41) is 22.8. The first kappa shape index (κ1) is 26.9. The molecule has 4 heteroatoms. The van der Waals surface area contributed by atoms with Crippen LogP contribution >= 0.6 is 0 Å². The molecule has 0 bridgehead atoms. The Labute approximate surface area is 213 Å². The van der Waals surface area contributed by atoms with Crippen LogP contribution < -0.4 is 0 Å². The largest absolute Gasteiger partial charge is 0.466 e. The van der Waals surface area contributed by atoms with Crippen LogP contribution in [0.3, 0.4) is 0 Å². The third-order valence-electron chi connectivity index (χ3n) is 12.2. The number of methoxy groups -OCH3 is 1. The highest BCUT2D eigenvalue weighted by Crippen LogP contribution is 2.74. The molecule has 8 atom stereocenters. The van der Waals surface area contributed by atoms with E-state index in [1.54, 1.807) is 11.1 Å². The van der Waals surface area contributed by atoms with Gasteiger partial charge in [0.1, 0.15) is 0 Å². The zero-order valence-electron chi connectivity index (χ0n) is 23.5. The maximum absolute atomic E-state index is 11.9. The highest BCUT2D eigenvalue weighted by molar-refractivity contribution is 5.87. The van der Waals surface area contributed by atoms with Crippen LogP contribution in [0.15, 0.2) is 22.8 Å². The number of aliphatic hydroxyl groups excluding tert-OH is 2. The van der Waals surface area contributed by atoms with Crippen LogP contribution in [0.1, 0.15) is 106 Å². The second-order valence-corrected chi connectivity index (χ2v) is 13.8. The molecule has 0 aromatic carbocycles. The van der Waals surface area contributed by atoms with Gasteiger partial charge in [-0.1, -0.05) is 58.8 Å². The molecule has 2 N–H and O–H groups in total. The lowest BCUT2D eigenvalue weighted by molar-refractivity contribution is -0.241. The van der Waals surface area contributed by atoms with E-state index in [-0.39, 0.29) is 39.8 Å². The Hall–Kier alpha value is -1.13. The number of hydrogen-bond donors (Lipinski definition) is 2. The van der Waals surface area contributed by atoms with Crippen LogP contribution in [0.5, 0.6) is 0 Å². The van der Waals surface area contributed by atoms with Gasteiger partial charge in [0.2, 0.25) is 0 Å². The second kappa shape index (κ2) is 9.01. The molecule has 0 spiro atoms. The summed E-state index contributed by atoms with van der Waals surface area (Å²) in [6.45, 7) is 16.0. The molecule has 198 valence electrons. The van der Waals surface area contributed by atoms with Crippen LogP contribution in [0.4, 0.5) is 0 Å². The van der Waals surface area contributed by atoms with Crippen molar-refractivity contribution in [3.05, 3.63) is 22.8 Å². The van der Waals surface area contributed by atoms with E-state index in [2.05, 4.69) is 41.5 Å². The number of aliphatic hydroxyl groups is 2. The number of carbonyl (C=O) groups excluding carboxylic acids is 1. The van der Waals surface area contributed by atoms with Crippen LogP contribution in [-0.4, -0.2) is 35.5 Å². The van der Waals surface area contributed by atoms with E-state index in [1.165, 1.54) is 7.11 Å². The monoisotopic (exact) mass is 486 g/mol. The highest BCUT2D eigenvalue weighted by Gasteiger charge is 2.69. The molecular weight excluding hydrogens is 436 g/mol. The Bertz CT molecular complexity index is 915. The quantitative estimate of drug-likeness (QED) is 0.261. The number of rotatable bonds is 5. The van der Waals surface area contributed by atoms with Gasteiger partial charge < -0.3 is 14.9 Å². The molecule has 4 rings (SSSR count). The Morgan fingerprint density at radius 3 is 2.40 bits per heavy atom. The van der Waals surface area contributed by atoms with E-state index in [4.69, 9.17) is 4.74 Å². The number of hydrogen-bond acceptors (Lipinski definition) is 4. The lowest BCUT2D eigenvalue weighted by atomic mass is 9.35. The van der Waals surface area contributed by atoms with Crippen LogP contribution in [-0.2, 0) is 9.53 Å². The minimum Gasteiger partial charge on any atom is -0.466 e. The molecule has 4 aliphatic carbocycles. The smallest absolute Gasteiger partial charge is 0.333 e. The molecule has 0 saturated heterocycles. The van der Waals surface area contributed by atoms with Crippen molar-refractivity contribution >= 4 is 5.97 Å². The summed E-state index contributed by atoms with van der Waals surface area (Å²) < 4.78 is 4.84. The van der Waals surface area contributed by atoms with Crippen molar-refractivity contribution in [2.45, 2.75) is 118 Å². The van der Waals surface area contributed by atoms with Gasteiger partial charge in [-0.15, -0.1) is 0 Å². The summed E-state index contributed by atoms with van der Waals surface area (Å²) in [5.41, 5.74) is 3.85. The van der Waals surface area contributed by atoms with Crippen LogP contribution in [0.2, 0.25) is 0 Å². The first-order chi connectivity index (χ1) is 16.2. The van der Waals surface area contributed by atoms with E-state index < -0.39 is 0 Å². The normalized spacial score (nSPS) is 43.8. The number of allylic oxidation sites excluding steroid dienone is 3. The second-order valence-electron chi connectivity index (χ2n) is 13.8. The molecule has 0 aromatic heterocycles. The standard InChI is InChI=1S/C31H50O4/c1-19(10-9-11-20(2)27(34)35-8)21-14-17-30(6)22(21)12-13-23-29(5)16-15-25(32)28(3,4)24(29)18-26(33)31(23,30)7/h11,19,23-26,32-33H,9-10,12-18H2,1-8H3/b20-11-/t19-,23+,24-,25+,26+,29+,30+,31-/m0/s1. The van der Waals surface area contributed by atoms with Gasteiger partial charge in [0.15, 0.2) is 0 Å². The van der Waals surface area contributed by atoms with Crippen molar-refractivity contribution in [2.24, 2.45) is 39.4 Å². The molecule has 3 fully saturated rings. The number of carbonyl (C=O) groups is 1. The Balaban J connectivity index is 1.62. The molecule has 0 aromatic rings. The average Bonchev–Trinajstić information content (AvgIpc) is 3.16. The molecule has 0 aliphatic heterocycles. The predicted molar refractivity (Wildman–Crippen MR) is 141 cm³/mol. The topological polar surface area (TPSA) is 66.8 Å². The average molecular weight is 487 g/mol. The van der Waals surface area contributed by atoms with Gasteiger partial charge in [0.25, 0.3) is 0 Å². The fraction of sp³-hybridized carbons (Fsp3) is 0.839. The number of ether oxygens (including phenoxy) is 1. The Kier molecular flexibility index (Phi) is 6.93. The molecule has 35 heavy (non-hydrogen) atoms. The minimum absolute atomic E-state index is 0.0326. The van der Waals surface area contributed by atoms with Gasteiger partial charge in [0, 0.05) is 11.0 Å². The lowest BCUT2D eigenvalue weighted by Crippen LogP contribution is -2.67. The van der Waals surface area contributed by atoms with Crippen molar-refractivity contribution in [3.8, 4) is 0 Å². The maximum atomic E-state index is 11.9. The Morgan fingerprint density at radius 1 is 1.06 bits per heavy atom. The van der Waals surface area contributed by atoms with Gasteiger partial charge in [-0.3, -0.25) is 0 Å². The van der Waals surface area contributed by atoms with Gasteiger partial charge in [-0.2, -0.15) is 0 Å². The summed E-state index contributed by atoms with van der Waals surface area (Å²) in [6.07, 6.45) is 10.6. The molecule has 4 aliphatic rings. The molecule has 0 radical (unpaired) electrons. The van der Waals surface area contributed by atoms with Crippen molar-refractivity contribution < 1.29 is 19.7 Å². The Morgan fingerprint density at radius 2 is 1.74 bits per heavy atom. The zero-order valence-corrected chi connectivity index (χ0v) is 23.5. The molecule has 0 amide bonds. The molecular formula is C31H50O4. The first-order valence-electron chi connectivity index (χ1n) is 14.1. The van der Waals surface area contributed by atoms with Crippen molar-refractivity contribution in [2.75, 3.05) is 7.11 Å². The zero-order chi connectivity index (χ0) is 26.0. The van der Waals surface area contributed by atoms with Crippen LogP contribution in [0.25, 0.3) is 0 Å². The van der Waals surface area contributed by atoms with Gasteiger partial charge in [0.05, 0.1) is 19.3 Å². The van der Waals surface area contributed by atoms with Crippen LogP contribution in [0, 0.1) is 39.4 Å². The van der Waals surface area contributed by atoms with E-state index in [0.29, 0.717) is 23.3 Å². The van der Waals surface area contributed by atoms with Gasteiger partial charge >= 0.3 is 5.97 Å². The number of fused-ring (bicyclic) bond motifs is 5. The molecule has 0 heterocycles. The summed E-state index contributed by atoms with van der Waals surface area (Å²) in [4.78, 5) is 11.7. The summed E-state index contributed by atoms with van der Waals surface area (Å²) >= 11 is 0. The lowest BCUT2D eigenvalue weighted by Gasteiger charge is -2.70. The van der Waals surface area contributed by atoms with E-state index in [1.807, 2.05) is 13.0 Å². The molecule has 4 nitrogen and oxygen atoms in total. The highest BCUT2D eigenvalue weighted by atomic mass is 16.5. The van der Waals surface area contributed by atoms with E-state index in [9.17, 15) is 15.0 Å². The number of esters is 1. The van der Waals surface area contributed by atoms with Gasteiger partial charge in [-0.25, -0.2) is 4.79 Å². The fourth-order valence-electron chi connectivity index (χ4n) is 9.71. The minimum atomic E-state index is -0.337. The first-order valence-corrected chi connectivity index (χ1v) is 14.1. The maximum Gasteiger partial charge on any atom is 0.333 e. The van der Waals surface area contributed by atoms with Gasteiger partial charge in [-0.05, 0) is 98.7 Å². The van der Waals surface area contributed by atoms with Crippen molar-refractivity contribution in [3.63, 3.8) is 0 Å². The fourth-order valence-corrected chi connectivity index (χ4v) is 9.71. The van der Waals surface area contributed by atoms with E-state index in [0.717, 1.165) is 57.8 Å². The third-order valence-corrected chi connectivity index (χ3v) is 12.2. The van der Waals surface area contributed by atoms with E-state index >= 15 is 0 Å². The predicted octanol–water partition coefficient (Wildman–Crippen LogP) is 6.60. The summed E-state index contributed by atoms with van der Waals surface area (Å²) in [6, 6.07) is 0. The van der Waals surface area contributed by atoms with Crippen molar-refractivity contribution in [1.82, 2.24) is 0 Å². The molecule has 3 saturated carbocycles. The summed E-state index contributed by atoms with van der Waals surface area (Å²) in [5.74, 6) is 1.08. The third kappa shape index (κ3) is 3.79. The summed E-state index contributed by atoms with van der Waals surface area (Å²) in [7, 11) is 1.43. The molecule has 0 unspecified atom stereocenters. The van der Waals surface area contributed by atoms with Crippen molar-refractivity contribution in [1.29, 1.82) is 0 Å². The SMILES string of the molecule is COC(=O)/C(C)=C\CC[C@H](C)C1=C2CC[C@@H]3[C@@]4(C)CC[C@@H](O)C(C)(C)[C@@H]4C[C@@H](O)[C@@]3(C)[C@]2(C)CC1.